The van der Waals surface area contributed by atoms with Crippen LogP contribution < -0.4 is 10.1 Å². The summed E-state index contributed by atoms with van der Waals surface area (Å²) in [5.74, 6) is 1.63. The molecule has 0 spiro atoms. The first-order chi connectivity index (χ1) is 12.2. The Hall–Kier alpha value is -2.08. The van der Waals surface area contributed by atoms with E-state index in [0.717, 1.165) is 25.3 Å². The second-order valence-electron chi connectivity index (χ2n) is 6.80. The Kier molecular flexibility index (Phi) is 5.91. The fourth-order valence-electron chi connectivity index (χ4n) is 3.52. The lowest BCUT2D eigenvalue weighted by Gasteiger charge is -2.35. The van der Waals surface area contributed by atoms with Crippen molar-refractivity contribution in [3.05, 3.63) is 29.8 Å². The van der Waals surface area contributed by atoms with Gasteiger partial charge in [0.2, 0.25) is 5.91 Å². The molecule has 2 saturated heterocycles. The Morgan fingerprint density at radius 3 is 2.40 bits per heavy atom. The van der Waals surface area contributed by atoms with Crippen molar-refractivity contribution in [3.63, 3.8) is 0 Å². The molecule has 25 heavy (non-hydrogen) atoms. The van der Waals surface area contributed by atoms with Gasteiger partial charge in [0.15, 0.2) is 0 Å². The van der Waals surface area contributed by atoms with Crippen LogP contribution in [-0.2, 0) is 4.79 Å². The summed E-state index contributed by atoms with van der Waals surface area (Å²) < 4.78 is 5.12. The summed E-state index contributed by atoms with van der Waals surface area (Å²) in [4.78, 5) is 28.6. The molecule has 2 fully saturated rings. The van der Waals surface area contributed by atoms with Gasteiger partial charge in [-0.3, -0.25) is 9.59 Å². The van der Waals surface area contributed by atoms with Gasteiger partial charge in [-0.15, -0.1) is 0 Å². The number of ether oxygens (including phenoxy) is 1. The van der Waals surface area contributed by atoms with Crippen molar-refractivity contribution in [1.29, 1.82) is 0 Å². The Balaban J connectivity index is 1.45. The summed E-state index contributed by atoms with van der Waals surface area (Å²) in [7, 11) is 1.61. The van der Waals surface area contributed by atoms with Crippen LogP contribution in [0.4, 0.5) is 0 Å². The van der Waals surface area contributed by atoms with E-state index in [-0.39, 0.29) is 11.8 Å². The summed E-state index contributed by atoms with van der Waals surface area (Å²) in [5, 5.41) is 3.34. The first-order valence-corrected chi connectivity index (χ1v) is 9.09. The van der Waals surface area contributed by atoms with Crippen LogP contribution in [-0.4, -0.2) is 68.0 Å². The second kappa shape index (κ2) is 8.34. The van der Waals surface area contributed by atoms with Gasteiger partial charge in [0.25, 0.3) is 5.91 Å². The predicted molar refractivity (Wildman–Crippen MR) is 95.7 cm³/mol. The fraction of sp³-hybridized carbons (Fsp3) is 0.579. The summed E-state index contributed by atoms with van der Waals surface area (Å²) in [6.07, 6.45) is 2.77. The highest BCUT2D eigenvalue weighted by Gasteiger charge is 2.25. The zero-order chi connectivity index (χ0) is 17.6. The average molecular weight is 345 g/mol. The van der Waals surface area contributed by atoms with E-state index in [0.29, 0.717) is 44.1 Å². The van der Waals surface area contributed by atoms with Crippen LogP contribution in [0.3, 0.4) is 0 Å². The van der Waals surface area contributed by atoms with E-state index in [2.05, 4.69) is 5.32 Å². The normalized spacial score (nSPS) is 20.6. The number of piperazine rings is 1. The fourth-order valence-corrected chi connectivity index (χ4v) is 3.52. The lowest BCUT2D eigenvalue weighted by molar-refractivity contribution is -0.132. The molecule has 2 amide bonds. The van der Waals surface area contributed by atoms with Gasteiger partial charge in [0.1, 0.15) is 5.75 Å². The van der Waals surface area contributed by atoms with Gasteiger partial charge in [-0.05, 0) is 56.1 Å². The molecule has 0 bridgehead atoms. The molecular weight excluding hydrogens is 318 g/mol. The maximum absolute atomic E-state index is 12.6. The van der Waals surface area contributed by atoms with Crippen LogP contribution in [0, 0.1) is 5.92 Å². The zero-order valence-electron chi connectivity index (χ0n) is 14.9. The molecule has 1 aromatic carbocycles. The molecule has 6 nitrogen and oxygen atoms in total. The van der Waals surface area contributed by atoms with Crippen molar-refractivity contribution in [2.75, 3.05) is 46.4 Å². The van der Waals surface area contributed by atoms with E-state index in [1.165, 1.54) is 6.42 Å². The molecule has 6 heteroatoms. The maximum atomic E-state index is 12.6. The van der Waals surface area contributed by atoms with E-state index in [9.17, 15) is 9.59 Å². The third kappa shape index (κ3) is 4.51. The number of hydrogen-bond acceptors (Lipinski definition) is 4. The summed E-state index contributed by atoms with van der Waals surface area (Å²) in [6.45, 7) is 4.57. The quantitative estimate of drug-likeness (QED) is 0.876. The Morgan fingerprint density at radius 2 is 1.80 bits per heavy atom. The highest BCUT2D eigenvalue weighted by Crippen LogP contribution is 2.17. The largest absolute Gasteiger partial charge is 0.497 e. The molecular formula is C19H27N3O3. The van der Waals surface area contributed by atoms with Gasteiger partial charge in [-0.2, -0.15) is 0 Å². The molecule has 0 aromatic heterocycles. The molecule has 1 aromatic rings. The number of nitrogens with zero attached hydrogens (tertiary/aromatic N) is 2. The Morgan fingerprint density at radius 1 is 1.12 bits per heavy atom. The molecule has 2 aliphatic heterocycles. The number of carbonyl (C=O) groups excluding carboxylic acids is 2. The molecule has 0 saturated carbocycles. The first-order valence-electron chi connectivity index (χ1n) is 9.09. The van der Waals surface area contributed by atoms with Gasteiger partial charge < -0.3 is 19.9 Å². The monoisotopic (exact) mass is 345 g/mol. The lowest BCUT2D eigenvalue weighted by Crippen LogP contribution is -2.50. The van der Waals surface area contributed by atoms with Gasteiger partial charge >= 0.3 is 0 Å². The summed E-state index contributed by atoms with van der Waals surface area (Å²) in [6, 6.07) is 7.17. The third-order valence-electron chi connectivity index (χ3n) is 5.19. The number of rotatable bonds is 5. The highest BCUT2D eigenvalue weighted by molar-refractivity contribution is 5.94. The van der Waals surface area contributed by atoms with Crippen LogP contribution in [0.5, 0.6) is 5.75 Å². The SMILES string of the molecule is COc1ccc(C(=O)N2CCN(C(=O)CCC3CCNC3)CC2)cc1. The van der Waals surface area contributed by atoms with E-state index in [1.807, 2.05) is 9.80 Å². The molecule has 0 aliphatic carbocycles. The second-order valence-corrected chi connectivity index (χ2v) is 6.80. The standard InChI is InChI=1S/C19H27N3O3/c1-25-17-5-3-16(4-6-17)19(24)22-12-10-21(11-13-22)18(23)7-2-15-8-9-20-14-15/h3-6,15,20H,2,7-14H2,1H3. The van der Waals surface area contributed by atoms with Gasteiger partial charge in [0.05, 0.1) is 7.11 Å². The number of nitrogens with one attached hydrogen (secondary N) is 1. The number of amides is 2. The van der Waals surface area contributed by atoms with Crippen molar-refractivity contribution in [3.8, 4) is 5.75 Å². The first kappa shape index (κ1) is 17.7. The molecule has 2 aliphatic rings. The minimum Gasteiger partial charge on any atom is -0.497 e. The number of carbonyl (C=O) groups is 2. The molecule has 0 radical (unpaired) electrons. The zero-order valence-corrected chi connectivity index (χ0v) is 14.9. The highest BCUT2D eigenvalue weighted by atomic mass is 16.5. The minimum absolute atomic E-state index is 0.0202. The molecule has 136 valence electrons. The summed E-state index contributed by atoms with van der Waals surface area (Å²) >= 11 is 0. The predicted octanol–water partition coefficient (Wildman–Crippen LogP) is 1.37. The van der Waals surface area contributed by atoms with Crippen LogP contribution in [0.15, 0.2) is 24.3 Å². The Labute approximate surface area is 149 Å². The summed E-state index contributed by atoms with van der Waals surface area (Å²) in [5.41, 5.74) is 0.661. The van der Waals surface area contributed by atoms with Crippen molar-refractivity contribution < 1.29 is 14.3 Å². The number of methoxy groups -OCH3 is 1. The maximum Gasteiger partial charge on any atom is 0.253 e. The molecule has 1 unspecified atom stereocenters. The van der Waals surface area contributed by atoms with E-state index in [4.69, 9.17) is 4.74 Å². The van der Waals surface area contributed by atoms with Crippen molar-refractivity contribution in [2.45, 2.75) is 19.3 Å². The molecule has 1 atom stereocenters. The molecule has 1 N–H and O–H groups in total. The van der Waals surface area contributed by atoms with Crippen LogP contribution in [0.1, 0.15) is 29.6 Å². The van der Waals surface area contributed by atoms with Gasteiger partial charge in [0, 0.05) is 38.2 Å². The number of hydrogen-bond donors (Lipinski definition) is 1. The van der Waals surface area contributed by atoms with Gasteiger partial charge in [-0.25, -0.2) is 0 Å². The van der Waals surface area contributed by atoms with Crippen LogP contribution >= 0.6 is 0 Å². The number of benzene rings is 1. The molecule has 2 heterocycles. The van der Waals surface area contributed by atoms with Crippen LogP contribution in [0.25, 0.3) is 0 Å². The lowest BCUT2D eigenvalue weighted by atomic mass is 10.0. The Bertz CT molecular complexity index is 588. The van der Waals surface area contributed by atoms with Gasteiger partial charge in [-0.1, -0.05) is 0 Å². The van der Waals surface area contributed by atoms with Crippen LogP contribution in [0.2, 0.25) is 0 Å². The van der Waals surface area contributed by atoms with E-state index < -0.39 is 0 Å². The van der Waals surface area contributed by atoms with Crippen molar-refractivity contribution in [1.82, 2.24) is 15.1 Å². The topological polar surface area (TPSA) is 61.9 Å². The molecule has 3 rings (SSSR count). The smallest absolute Gasteiger partial charge is 0.253 e. The van der Waals surface area contributed by atoms with E-state index >= 15 is 0 Å². The average Bonchev–Trinajstić information content (AvgIpc) is 3.19. The van der Waals surface area contributed by atoms with Crippen molar-refractivity contribution >= 4 is 11.8 Å². The minimum atomic E-state index is 0.0202. The van der Waals surface area contributed by atoms with E-state index in [1.54, 1.807) is 31.4 Å². The van der Waals surface area contributed by atoms with Crippen molar-refractivity contribution in [2.24, 2.45) is 5.92 Å². The third-order valence-corrected chi connectivity index (χ3v) is 5.19.